The van der Waals surface area contributed by atoms with E-state index in [1.807, 2.05) is 6.92 Å². The highest BCUT2D eigenvalue weighted by Gasteiger charge is 2.32. The predicted molar refractivity (Wildman–Crippen MR) is 73.6 cm³/mol. The van der Waals surface area contributed by atoms with Crippen LogP contribution in [0.25, 0.3) is 0 Å². The number of amides is 1. The van der Waals surface area contributed by atoms with E-state index >= 15 is 0 Å². The van der Waals surface area contributed by atoms with Crippen molar-refractivity contribution in [2.45, 2.75) is 12.5 Å². The number of hydrogen-bond acceptors (Lipinski definition) is 5. The van der Waals surface area contributed by atoms with Crippen LogP contribution in [0.1, 0.15) is 17.3 Å². The van der Waals surface area contributed by atoms with Gasteiger partial charge in [-0.1, -0.05) is 6.07 Å². The first-order chi connectivity index (χ1) is 9.52. The fraction of sp³-hybridized carbons (Fsp3) is 0.429. The number of hydrogen-bond donors (Lipinski definition) is 2. The second kappa shape index (κ2) is 6.02. The minimum absolute atomic E-state index is 0.0133. The van der Waals surface area contributed by atoms with Crippen LogP contribution in [0.4, 0.5) is 5.69 Å². The van der Waals surface area contributed by atoms with Gasteiger partial charge in [-0.25, -0.2) is 4.79 Å². The molecular formula is C14H18N2O4. The zero-order valence-corrected chi connectivity index (χ0v) is 11.6. The largest absolute Gasteiger partial charge is 0.465 e. The maximum Gasteiger partial charge on any atom is 0.337 e. The molecule has 1 fully saturated rings. The number of carbonyl (C=O) groups is 2. The average Bonchev–Trinajstić information content (AvgIpc) is 2.42. The van der Waals surface area contributed by atoms with Gasteiger partial charge in [-0.05, 0) is 25.1 Å². The van der Waals surface area contributed by atoms with E-state index in [-0.39, 0.29) is 18.1 Å². The third-order valence-electron chi connectivity index (χ3n) is 3.12. The van der Waals surface area contributed by atoms with Crippen LogP contribution in [0.15, 0.2) is 24.3 Å². The quantitative estimate of drug-likeness (QED) is 0.779. The van der Waals surface area contributed by atoms with Gasteiger partial charge < -0.3 is 20.1 Å². The molecule has 6 nitrogen and oxygen atoms in total. The molecule has 20 heavy (non-hydrogen) atoms. The van der Waals surface area contributed by atoms with Crippen molar-refractivity contribution >= 4 is 17.6 Å². The molecule has 1 aromatic rings. The number of methoxy groups -OCH3 is 1. The Kier molecular flexibility index (Phi) is 4.36. The number of esters is 1. The summed E-state index contributed by atoms with van der Waals surface area (Å²) in [6.07, 6.45) is 0. The normalized spacial score (nSPS) is 16.1. The Hall–Kier alpha value is -1.92. The van der Waals surface area contributed by atoms with E-state index < -0.39 is 5.97 Å². The lowest BCUT2D eigenvalue weighted by Gasteiger charge is -2.38. The van der Waals surface area contributed by atoms with E-state index in [0.29, 0.717) is 11.3 Å². The maximum atomic E-state index is 11.8. The Bertz CT molecular complexity index is 512. The van der Waals surface area contributed by atoms with E-state index in [1.165, 1.54) is 7.11 Å². The molecule has 0 bridgehead atoms. The van der Waals surface area contributed by atoms with Gasteiger partial charge in [0.2, 0.25) is 5.91 Å². The minimum Gasteiger partial charge on any atom is -0.465 e. The summed E-state index contributed by atoms with van der Waals surface area (Å²) in [6.45, 7) is 3.44. The summed E-state index contributed by atoms with van der Waals surface area (Å²) in [5.41, 5.74) is 0.672. The number of benzene rings is 1. The highest BCUT2D eigenvalue weighted by molar-refractivity contribution is 5.95. The Morgan fingerprint density at radius 3 is 2.75 bits per heavy atom. The number of ether oxygens (including phenoxy) is 2. The van der Waals surface area contributed by atoms with Gasteiger partial charge in [0.05, 0.1) is 18.3 Å². The third kappa shape index (κ3) is 3.55. The van der Waals surface area contributed by atoms with Crippen LogP contribution in [0.5, 0.6) is 0 Å². The van der Waals surface area contributed by atoms with E-state index in [0.717, 1.165) is 13.1 Å². The molecule has 2 rings (SSSR count). The van der Waals surface area contributed by atoms with Crippen LogP contribution in [0.2, 0.25) is 0 Å². The molecule has 1 amide bonds. The summed E-state index contributed by atoms with van der Waals surface area (Å²) in [5, 5.41) is 5.78. The highest BCUT2D eigenvalue weighted by atomic mass is 16.5. The van der Waals surface area contributed by atoms with Crippen molar-refractivity contribution in [3.8, 4) is 0 Å². The van der Waals surface area contributed by atoms with Crippen molar-refractivity contribution in [3.05, 3.63) is 29.8 Å². The summed E-state index contributed by atoms with van der Waals surface area (Å²) >= 11 is 0. The zero-order chi connectivity index (χ0) is 14.6. The lowest BCUT2D eigenvalue weighted by atomic mass is 10.0. The van der Waals surface area contributed by atoms with Crippen molar-refractivity contribution < 1.29 is 19.1 Å². The van der Waals surface area contributed by atoms with E-state index in [9.17, 15) is 9.59 Å². The first-order valence-electron chi connectivity index (χ1n) is 6.35. The van der Waals surface area contributed by atoms with Crippen LogP contribution in [-0.2, 0) is 14.3 Å². The fourth-order valence-electron chi connectivity index (χ4n) is 1.86. The van der Waals surface area contributed by atoms with Gasteiger partial charge in [-0.15, -0.1) is 0 Å². The van der Waals surface area contributed by atoms with Gasteiger partial charge in [-0.2, -0.15) is 0 Å². The Morgan fingerprint density at radius 2 is 2.15 bits per heavy atom. The molecule has 1 heterocycles. The lowest BCUT2D eigenvalue weighted by molar-refractivity contribution is -0.130. The van der Waals surface area contributed by atoms with Crippen LogP contribution in [-0.4, -0.2) is 44.3 Å². The predicted octanol–water partition coefficient (Wildman–Crippen LogP) is 0.790. The third-order valence-corrected chi connectivity index (χ3v) is 3.12. The maximum absolute atomic E-state index is 11.8. The van der Waals surface area contributed by atoms with Crippen molar-refractivity contribution in [1.82, 2.24) is 5.32 Å². The molecule has 0 radical (unpaired) electrons. The van der Waals surface area contributed by atoms with Gasteiger partial charge >= 0.3 is 5.97 Å². The Labute approximate surface area is 117 Å². The fourth-order valence-corrected chi connectivity index (χ4v) is 1.86. The Balaban J connectivity index is 1.89. The molecule has 0 saturated carbocycles. The SMILES string of the molecule is COC(=O)c1cccc(NC(=O)COC2(C)CNC2)c1. The summed E-state index contributed by atoms with van der Waals surface area (Å²) < 4.78 is 10.2. The second-order valence-electron chi connectivity index (χ2n) is 4.96. The first kappa shape index (κ1) is 14.5. The van der Waals surface area contributed by atoms with Crippen LogP contribution < -0.4 is 10.6 Å². The number of nitrogens with one attached hydrogen (secondary N) is 2. The number of anilines is 1. The monoisotopic (exact) mass is 278 g/mol. The molecule has 1 aliphatic rings. The van der Waals surface area contributed by atoms with Gasteiger partial charge in [0.25, 0.3) is 0 Å². The van der Waals surface area contributed by atoms with Crippen molar-refractivity contribution in [2.75, 3.05) is 32.1 Å². The summed E-state index contributed by atoms with van der Waals surface area (Å²) in [7, 11) is 1.31. The molecular weight excluding hydrogens is 260 g/mol. The lowest BCUT2D eigenvalue weighted by Crippen LogP contribution is -2.59. The molecule has 1 aromatic carbocycles. The van der Waals surface area contributed by atoms with Gasteiger partial charge in [0.1, 0.15) is 6.61 Å². The highest BCUT2D eigenvalue weighted by Crippen LogP contribution is 2.15. The molecule has 2 N–H and O–H groups in total. The van der Waals surface area contributed by atoms with Crippen LogP contribution in [0.3, 0.4) is 0 Å². The summed E-state index contributed by atoms with van der Waals surface area (Å²) in [6, 6.07) is 6.58. The number of carbonyl (C=O) groups excluding carboxylic acids is 2. The van der Waals surface area contributed by atoms with Crippen LogP contribution >= 0.6 is 0 Å². The smallest absolute Gasteiger partial charge is 0.337 e. The molecule has 0 aromatic heterocycles. The van der Waals surface area contributed by atoms with Crippen molar-refractivity contribution in [2.24, 2.45) is 0 Å². The van der Waals surface area contributed by atoms with Crippen LogP contribution in [0, 0.1) is 0 Å². The minimum atomic E-state index is -0.439. The first-order valence-corrected chi connectivity index (χ1v) is 6.35. The molecule has 0 spiro atoms. The molecule has 6 heteroatoms. The van der Waals surface area contributed by atoms with Gasteiger partial charge in [0.15, 0.2) is 0 Å². The Morgan fingerprint density at radius 1 is 1.40 bits per heavy atom. The summed E-state index contributed by atoms with van der Waals surface area (Å²) in [5.74, 6) is -0.689. The molecule has 0 atom stereocenters. The molecule has 0 unspecified atom stereocenters. The second-order valence-corrected chi connectivity index (χ2v) is 4.96. The van der Waals surface area contributed by atoms with E-state index in [1.54, 1.807) is 24.3 Å². The van der Waals surface area contributed by atoms with E-state index in [4.69, 9.17) is 4.74 Å². The standard InChI is InChI=1S/C14H18N2O4/c1-14(8-15-9-14)20-7-12(17)16-11-5-3-4-10(6-11)13(18)19-2/h3-6,15H,7-9H2,1-2H3,(H,16,17). The molecule has 0 aliphatic carbocycles. The number of rotatable bonds is 5. The van der Waals surface area contributed by atoms with Crippen molar-refractivity contribution in [3.63, 3.8) is 0 Å². The van der Waals surface area contributed by atoms with Gasteiger partial charge in [0, 0.05) is 18.8 Å². The zero-order valence-electron chi connectivity index (χ0n) is 11.6. The summed E-state index contributed by atoms with van der Waals surface area (Å²) in [4.78, 5) is 23.2. The molecule has 1 aliphatic heterocycles. The molecule has 1 saturated heterocycles. The average molecular weight is 278 g/mol. The van der Waals surface area contributed by atoms with Crippen molar-refractivity contribution in [1.29, 1.82) is 0 Å². The van der Waals surface area contributed by atoms with E-state index in [2.05, 4.69) is 15.4 Å². The van der Waals surface area contributed by atoms with Gasteiger partial charge in [-0.3, -0.25) is 4.79 Å². The molecule has 108 valence electrons. The topological polar surface area (TPSA) is 76.7 Å².